The third-order valence-corrected chi connectivity index (χ3v) is 8.21. The Morgan fingerprint density at radius 3 is 2.61 bits per heavy atom. The minimum Gasteiger partial charge on any atom is -0.496 e. The second-order valence-corrected chi connectivity index (χ2v) is 10.4. The van der Waals surface area contributed by atoms with Crippen molar-refractivity contribution in [1.82, 2.24) is 5.32 Å². The molecule has 3 aromatic carbocycles. The standard InChI is InChI=1S/C32H34N2O4/c1-37-31-12-6-5-11-27(31)32(36)18-24(16-25-19-34-20-28(25)32)29(35)17-26-23(14-15-33)10-7-13-30(26)38-21-22-8-3-2-4-9-22/h2-13,24-25,28,34,36H,14,16-21H2,1H3/t24-,25-,28+,32+/m0/s1. The summed E-state index contributed by atoms with van der Waals surface area (Å²) in [6.45, 7) is 1.87. The fourth-order valence-electron chi connectivity index (χ4n) is 6.32. The Morgan fingerprint density at radius 1 is 1.05 bits per heavy atom. The Hall–Kier alpha value is -3.66. The van der Waals surface area contributed by atoms with Gasteiger partial charge in [-0.05, 0) is 48.6 Å². The zero-order chi connectivity index (χ0) is 26.5. The number of hydrogen-bond donors (Lipinski definition) is 2. The number of ether oxygens (including phenoxy) is 2. The third-order valence-electron chi connectivity index (χ3n) is 8.21. The molecule has 1 aliphatic carbocycles. The number of ketones is 1. The van der Waals surface area contributed by atoms with E-state index in [1.807, 2.05) is 72.8 Å². The van der Waals surface area contributed by atoms with Gasteiger partial charge in [0.25, 0.3) is 0 Å². The van der Waals surface area contributed by atoms with Gasteiger partial charge < -0.3 is 19.9 Å². The molecule has 1 heterocycles. The Labute approximate surface area is 224 Å². The highest BCUT2D eigenvalue weighted by Gasteiger charge is 2.52. The first-order chi connectivity index (χ1) is 18.5. The largest absolute Gasteiger partial charge is 0.496 e. The fourth-order valence-corrected chi connectivity index (χ4v) is 6.32. The van der Waals surface area contributed by atoms with Gasteiger partial charge in [-0.15, -0.1) is 0 Å². The van der Waals surface area contributed by atoms with Gasteiger partial charge in [0.2, 0.25) is 0 Å². The Morgan fingerprint density at radius 2 is 1.82 bits per heavy atom. The van der Waals surface area contributed by atoms with Crippen molar-refractivity contribution in [3.8, 4) is 17.6 Å². The molecule has 5 rings (SSSR count). The molecular weight excluding hydrogens is 476 g/mol. The molecule has 1 saturated carbocycles. The third kappa shape index (κ3) is 5.18. The van der Waals surface area contributed by atoms with Crippen molar-refractivity contribution < 1.29 is 19.4 Å². The summed E-state index contributed by atoms with van der Waals surface area (Å²) in [5, 5.41) is 25.1. The number of carbonyl (C=O) groups excluding carboxylic acids is 1. The second-order valence-electron chi connectivity index (χ2n) is 10.4. The van der Waals surface area contributed by atoms with E-state index in [1.165, 1.54) is 0 Å². The minimum atomic E-state index is -1.17. The number of Topliss-reactive ketones (excluding diaryl/α,β-unsaturated/α-hetero) is 1. The van der Waals surface area contributed by atoms with Crippen LogP contribution in [0.15, 0.2) is 72.8 Å². The van der Waals surface area contributed by atoms with E-state index in [-0.39, 0.29) is 36.4 Å². The van der Waals surface area contributed by atoms with E-state index >= 15 is 0 Å². The maximum atomic E-state index is 13.9. The highest BCUT2D eigenvalue weighted by molar-refractivity contribution is 5.84. The normalized spacial score (nSPS) is 24.3. The van der Waals surface area contributed by atoms with Gasteiger partial charge in [-0.25, -0.2) is 0 Å². The van der Waals surface area contributed by atoms with Crippen molar-refractivity contribution in [2.45, 2.75) is 37.9 Å². The molecule has 0 aromatic heterocycles. The maximum absolute atomic E-state index is 13.9. The van der Waals surface area contributed by atoms with Crippen LogP contribution in [0.5, 0.6) is 11.5 Å². The van der Waals surface area contributed by atoms with Crippen molar-refractivity contribution in [2.24, 2.45) is 17.8 Å². The number of nitriles is 1. The Bertz CT molecular complexity index is 1320. The number of methoxy groups -OCH3 is 1. The topological polar surface area (TPSA) is 91.6 Å². The quantitative estimate of drug-likeness (QED) is 0.438. The van der Waals surface area contributed by atoms with Gasteiger partial charge in [0, 0.05) is 35.9 Å². The number of nitrogens with one attached hydrogen (secondary N) is 1. The van der Waals surface area contributed by atoms with E-state index in [4.69, 9.17) is 9.47 Å². The van der Waals surface area contributed by atoms with Crippen molar-refractivity contribution in [3.63, 3.8) is 0 Å². The van der Waals surface area contributed by atoms with Gasteiger partial charge in [-0.1, -0.05) is 60.7 Å². The smallest absolute Gasteiger partial charge is 0.140 e. The highest BCUT2D eigenvalue weighted by Crippen LogP contribution is 2.51. The van der Waals surface area contributed by atoms with Gasteiger partial charge in [-0.3, -0.25) is 4.79 Å². The van der Waals surface area contributed by atoms with Gasteiger partial charge in [0.15, 0.2) is 0 Å². The van der Waals surface area contributed by atoms with Crippen LogP contribution in [0.3, 0.4) is 0 Å². The van der Waals surface area contributed by atoms with Crippen molar-refractivity contribution in [3.05, 3.63) is 95.1 Å². The van der Waals surface area contributed by atoms with E-state index in [0.29, 0.717) is 31.1 Å². The molecule has 0 radical (unpaired) electrons. The van der Waals surface area contributed by atoms with Crippen LogP contribution in [0.2, 0.25) is 0 Å². The molecule has 2 aliphatic rings. The first-order valence-electron chi connectivity index (χ1n) is 13.3. The van der Waals surface area contributed by atoms with Crippen LogP contribution in [-0.4, -0.2) is 31.1 Å². The predicted octanol–water partition coefficient (Wildman–Crippen LogP) is 4.59. The summed E-state index contributed by atoms with van der Waals surface area (Å²) in [4.78, 5) is 13.9. The molecule has 2 N–H and O–H groups in total. The summed E-state index contributed by atoms with van der Waals surface area (Å²) in [6, 6.07) is 25.3. The summed E-state index contributed by atoms with van der Waals surface area (Å²) in [5.74, 6) is 1.23. The number of benzene rings is 3. The lowest BCUT2D eigenvalue weighted by Gasteiger charge is -2.45. The average molecular weight is 511 g/mol. The van der Waals surface area contributed by atoms with Crippen molar-refractivity contribution >= 4 is 5.78 Å². The summed E-state index contributed by atoms with van der Waals surface area (Å²) in [5.41, 5.74) is 2.18. The summed E-state index contributed by atoms with van der Waals surface area (Å²) in [7, 11) is 1.61. The van der Waals surface area contributed by atoms with E-state index in [0.717, 1.165) is 35.2 Å². The second kappa shape index (κ2) is 11.4. The van der Waals surface area contributed by atoms with Gasteiger partial charge >= 0.3 is 0 Å². The first-order valence-corrected chi connectivity index (χ1v) is 13.3. The molecule has 0 bridgehead atoms. The molecule has 6 heteroatoms. The molecular formula is C32H34N2O4. The number of carbonyl (C=O) groups is 1. The molecule has 0 unspecified atom stereocenters. The zero-order valence-electron chi connectivity index (χ0n) is 21.7. The van der Waals surface area contributed by atoms with Gasteiger partial charge in [0.05, 0.1) is 25.2 Å². The lowest BCUT2D eigenvalue weighted by Crippen LogP contribution is -2.47. The van der Waals surface area contributed by atoms with Crippen LogP contribution in [-0.2, 0) is 29.8 Å². The monoisotopic (exact) mass is 510 g/mol. The number of para-hydroxylation sites is 1. The summed E-state index contributed by atoms with van der Waals surface area (Å²) in [6.07, 6.45) is 1.44. The molecule has 1 aliphatic heterocycles. The molecule has 3 aromatic rings. The summed E-state index contributed by atoms with van der Waals surface area (Å²) >= 11 is 0. The number of rotatable bonds is 9. The number of nitrogens with zero attached hydrogens (tertiary/aromatic N) is 1. The minimum absolute atomic E-state index is 0.0125. The molecule has 38 heavy (non-hydrogen) atoms. The van der Waals surface area contributed by atoms with Gasteiger partial charge in [0.1, 0.15) is 23.9 Å². The maximum Gasteiger partial charge on any atom is 0.140 e. The lowest BCUT2D eigenvalue weighted by molar-refractivity contribution is -0.134. The van der Waals surface area contributed by atoms with Crippen LogP contribution >= 0.6 is 0 Å². The number of aliphatic hydroxyl groups is 1. The molecule has 0 spiro atoms. The zero-order valence-corrected chi connectivity index (χ0v) is 21.7. The van der Waals surface area contributed by atoms with Crippen LogP contribution in [0.1, 0.15) is 35.1 Å². The molecule has 6 nitrogen and oxygen atoms in total. The average Bonchev–Trinajstić information content (AvgIpc) is 3.44. The van der Waals surface area contributed by atoms with Crippen molar-refractivity contribution in [1.29, 1.82) is 5.26 Å². The van der Waals surface area contributed by atoms with Crippen LogP contribution in [0.4, 0.5) is 0 Å². The molecule has 4 atom stereocenters. The number of fused-ring (bicyclic) bond motifs is 1. The molecule has 1 saturated heterocycles. The van der Waals surface area contributed by atoms with E-state index in [9.17, 15) is 15.2 Å². The fraction of sp³-hybridized carbons (Fsp3) is 0.375. The Kier molecular flexibility index (Phi) is 7.78. The van der Waals surface area contributed by atoms with Crippen LogP contribution in [0, 0.1) is 29.1 Å². The Balaban J connectivity index is 1.42. The number of hydrogen-bond acceptors (Lipinski definition) is 6. The van der Waals surface area contributed by atoms with Gasteiger partial charge in [-0.2, -0.15) is 5.26 Å². The van der Waals surface area contributed by atoms with E-state index < -0.39 is 5.60 Å². The van der Waals surface area contributed by atoms with Crippen LogP contribution < -0.4 is 14.8 Å². The van der Waals surface area contributed by atoms with E-state index in [1.54, 1.807) is 7.11 Å². The SMILES string of the molecule is COc1ccccc1[C@]1(O)C[C@@H](C(=O)Cc2c(CC#N)cccc2OCc2ccccc2)C[C@H]2CNC[C@H]21. The first kappa shape index (κ1) is 26.0. The molecule has 0 amide bonds. The summed E-state index contributed by atoms with van der Waals surface area (Å²) < 4.78 is 11.8. The van der Waals surface area contributed by atoms with Crippen molar-refractivity contribution in [2.75, 3.05) is 20.2 Å². The molecule has 2 fully saturated rings. The predicted molar refractivity (Wildman–Crippen MR) is 145 cm³/mol. The molecule has 196 valence electrons. The lowest BCUT2D eigenvalue weighted by atomic mass is 9.62. The van der Waals surface area contributed by atoms with E-state index in [2.05, 4.69) is 11.4 Å². The highest BCUT2D eigenvalue weighted by atomic mass is 16.5. The van der Waals surface area contributed by atoms with Crippen LogP contribution in [0.25, 0.3) is 0 Å².